The van der Waals surface area contributed by atoms with Crippen LogP contribution in [0.15, 0.2) is 12.1 Å². The first-order chi connectivity index (χ1) is 8.11. The number of hydrogen-bond acceptors (Lipinski definition) is 5. The number of nitrogens with two attached hydrogens (primary N) is 1. The maximum Gasteiger partial charge on any atom is 0.311 e. The van der Waals surface area contributed by atoms with Gasteiger partial charge in [-0.05, 0) is 24.8 Å². The monoisotopic (exact) mass is 236 g/mol. The van der Waals surface area contributed by atoms with Gasteiger partial charge in [-0.25, -0.2) is 4.98 Å². The number of rotatable bonds is 5. The van der Waals surface area contributed by atoms with Crippen LogP contribution in [-0.2, 0) is 0 Å². The summed E-state index contributed by atoms with van der Waals surface area (Å²) in [5, 5.41) is 13.9. The first-order valence-electron chi connectivity index (χ1n) is 5.79. The summed E-state index contributed by atoms with van der Waals surface area (Å²) in [4.78, 5) is 14.4. The summed E-state index contributed by atoms with van der Waals surface area (Å²) in [5.74, 6) is 1.20. The molecule has 0 bridgehead atoms. The molecule has 2 atom stereocenters. The molecule has 6 nitrogen and oxygen atoms in total. The molecule has 1 heterocycles. The number of aromatic nitrogens is 1. The van der Waals surface area contributed by atoms with Crippen molar-refractivity contribution in [3.8, 4) is 0 Å². The third-order valence-corrected chi connectivity index (χ3v) is 3.00. The van der Waals surface area contributed by atoms with Gasteiger partial charge in [0.15, 0.2) is 0 Å². The Hall–Kier alpha value is -1.85. The van der Waals surface area contributed by atoms with Crippen molar-refractivity contribution in [3.05, 3.63) is 22.2 Å². The fourth-order valence-corrected chi connectivity index (χ4v) is 2.01. The van der Waals surface area contributed by atoms with Crippen molar-refractivity contribution in [2.45, 2.75) is 32.2 Å². The van der Waals surface area contributed by atoms with Crippen LogP contribution in [0.25, 0.3) is 0 Å². The number of nitro groups is 1. The van der Waals surface area contributed by atoms with Crippen molar-refractivity contribution >= 4 is 17.3 Å². The average Bonchev–Trinajstić information content (AvgIpc) is 2.96. The van der Waals surface area contributed by atoms with Crippen LogP contribution in [0.2, 0.25) is 0 Å². The fraction of sp³-hybridized carbons (Fsp3) is 0.545. The Morgan fingerprint density at radius 3 is 3.06 bits per heavy atom. The maximum absolute atomic E-state index is 10.8. The summed E-state index contributed by atoms with van der Waals surface area (Å²) >= 11 is 0. The largest absolute Gasteiger partial charge is 0.384 e. The molecule has 92 valence electrons. The van der Waals surface area contributed by atoms with Crippen LogP contribution in [0.1, 0.15) is 26.2 Å². The zero-order valence-corrected chi connectivity index (χ0v) is 9.72. The molecule has 0 amide bonds. The SMILES string of the molecule is CCCC1CC1Nc1nc(N)ccc1[N+](=O)[O-]. The van der Waals surface area contributed by atoms with Crippen LogP contribution >= 0.6 is 0 Å². The quantitative estimate of drug-likeness (QED) is 0.603. The molecular weight excluding hydrogens is 220 g/mol. The topological polar surface area (TPSA) is 94.1 Å². The first-order valence-corrected chi connectivity index (χ1v) is 5.79. The number of pyridine rings is 1. The van der Waals surface area contributed by atoms with E-state index in [1.165, 1.54) is 12.1 Å². The van der Waals surface area contributed by atoms with Crippen molar-refractivity contribution < 1.29 is 4.92 Å². The normalized spacial score (nSPS) is 22.2. The number of anilines is 2. The molecule has 17 heavy (non-hydrogen) atoms. The van der Waals surface area contributed by atoms with Gasteiger partial charge in [0.25, 0.3) is 0 Å². The molecule has 1 aliphatic rings. The molecule has 3 N–H and O–H groups in total. The molecule has 2 unspecified atom stereocenters. The number of hydrogen-bond donors (Lipinski definition) is 2. The molecule has 1 aliphatic carbocycles. The summed E-state index contributed by atoms with van der Waals surface area (Å²) in [7, 11) is 0. The molecule has 0 spiro atoms. The second-order valence-corrected chi connectivity index (χ2v) is 4.40. The van der Waals surface area contributed by atoms with E-state index in [0.717, 1.165) is 19.3 Å². The Morgan fingerprint density at radius 2 is 2.41 bits per heavy atom. The highest BCUT2D eigenvalue weighted by atomic mass is 16.6. The van der Waals surface area contributed by atoms with Gasteiger partial charge in [0.05, 0.1) is 4.92 Å². The summed E-state index contributed by atoms with van der Waals surface area (Å²) in [6.45, 7) is 2.14. The zero-order chi connectivity index (χ0) is 12.4. The van der Waals surface area contributed by atoms with E-state index in [0.29, 0.717) is 23.6 Å². The van der Waals surface area contributed by atoms with Crippen molar-refractivity contribution in [1.29, 1.82) is 0 Å². The van der Waals surface area contributed by atoms with Crippen LogP contribution in [-0.4, -0.2) is 15.9 Å². The molecule has 1 fully saturated rings. The van der Waals surface area contributed by atoms with E-state index in [2.05, 4.69) is 17.2 Å². The van der Waals surface area contributed by atoms with Crippen LogP contribution in [0.4, 0.5) is 17.3 Å². The lowest BCUT2D eigenvalue weighted by Crippen LogP contribution is -2.09. The van der Waals surface area contributed by atoms with Crippen LogP contribution < -0.4 is 11.1 Å². The lowest BCUT2D eigenvalue weighted by Gasteiger charge is -2.06. The molecule has 0 saturated heterocycles. The molecule has 6 heteroatoms. The van der Waals surface area contributed by atoms with Crippen molar-refractivity contribution in [2.75, 3.05) is 11.1 Å². The highest BCUT2D eigenvalue weighted by Crippen LogP contribution is 2.38. The van der Waals surface area contributed by atoms with Gasteiger partial charge in [-0.3, -0.25) is 10.1 Å². The Kier molecular flexibility index (Phi) is 3.12. The van der Waals surface area contributed by atoms with Gasteiger partial charge in [-0.1, -0.05) is 13.3 Å². The molecule has 1 aromatic rings. The molecule has 2 rings (SSSR count). The average molecular weight is 236 g/mol. The van der Waals surface area contributed by atoms with Crippen molar-refractivity contribution in [3.63, 3.8) is 0 Å². The number of nitrogens with zero attached hydrogens (tertiary/aromatic N) is 2. The molecule has 0 aliphatic heterocycles. The summed E-state index contributed by atoms with van der Waals surface area (Å²) in [6, 6.07) is 3.14. The maximum atomic E-state index is 10.8. The predicted octanol–water partition coefficient (Wildman–Crippen LogP) is 2.17. The predicted molar refractivity (Wildman–Crippen MR) is 65.7 cm³/mol. The summed E-state index contributed by atoms with van der Waals surface area (Å²) in [6.07, 6.45) is 3.34. The van der Waals surface area contributed by atoms with E-state index < -0.39 is 4.92 Å². The third-order valence-electron chi connectivity index (χ3n) is 3.00. The minimum absolute atomic E-state index is 0.0126. The second-order valence-electron chi connectivity index (χ2n) is 4.40. The van der Waals surface area contributed by atoms with E-state index >= 15 is 0 Å². The van der Waals surface area contributed by atoms with Gasteiger partial charge in [-0.2, -0.15) is 0 Å². The minimum atomic E-state index is -0.439. The van der Waals surface area contributed by atoms with E-state index in [4.69, 9.17) is 5.73 Å². The third kappa shape index (κ3) is 2.64. The fourth-order valence-electron chi connectivity index (χ4n) is 2.01. The summed E-state index contributed by atoms with van der Waals surface area (Å²) < 4.78 is 0. The molecule has 1 saturated carbocycles. The van der Waals surface area contributed by atoms with E-state index in [-0.39, 0.29) is 5.69 Å². The molecule has 0 aromatic carbocycles. The Balaban J connectivity index is 2.10. The standard InChI is InChI=1S/C11H16N4O2/c1-2-3-7-6-8(7)13-11-9(15(16)17)4-5-10(12)14-11/h4-5,7-8H,2-3,6H2,1H3,(H3,12,13,14). The Bertz CT molecular complexity index is 435. The first kappa shape index (κ1) is 11.6. The smallest absolute Gasteiger partial charge is 0.311 e. The van der Waals surface area contributed by atoms with Crippen LogP contribution in [0.5, 0.6) is 0 Å². The van der Waals surface area contributed by atoms with Crippen LogP contribution in [0.3, 0.4) is 0 Å². The van der Waals surface area contributed by atoms with E-state index in [1.807, 2.05) is 0 Å². The highest BCUT2D eigenvalue weighted by Gasteiger charge is 2.37. The van der Waals surface area contributed by atoms with Gasteiger partial charge >= 0.3 is 5.69 Å². The highest BCUT2D eigenvalue weighted by molar-refractivity contribution is 5.60. The van der Waals surface area contributed by atoms with Gasteiger partial charge in [0.2, 0.25) is 5.82 Å². The Morgan fingerprint density at radius 1 is 1.65 bits per heavy atom. The lowest BCUT2D eigenvalue weighted by atomic mass is 10.2. The van der Waals surface area contributed by atoms with E-state index in [1.54, 1.807) is 0 Å². The molecule has 1 aromatic heterocycles. The van der Waals surface area contributed by atoms with Gasteiger partial charge in [0, 0.05) is 12.1 Å². The van der Waals surface area contributed by atoms with Gasteiger partial charge in [0.1, 0.15) is 5.82 Å². The summed E-state index contributed by atoms with van der Waals surface area (Å²) in [5.41, 5.74) is 5.53. The van der Waals surface area contributed by atoms with Crippen molar-refractivity contribution in [2.24, 2.45) is 5.92 Å². The molecular formula is C11H16N4O2. The zero-order valence-electron chi connectivity index (χ0n) is 9.72. The van der Waals surface area contributed by atoms with E-state index in [9.17, 15) is 10.1 Å². The Labute approximate surface area is 99.4 Å². The van der Waals surface area contributed by atoms with Crippen molar-refractivity contribution in [1.82, 2.24) is 4.98 Å². The lowest BCUT2D eigenvalue weighted by molar-refractivity contribution is -0.384. The number of nitrogens with one attached hydrogen (secondary N) is 1. The number of nitrogen functional groups attached to an aromatic ring is 1. The van der Waals surface area contributed by atoms with Gasteiger partial charge in [-0.15, -0.1) is 0 Å². The van der Waals surface area contributed by atoms with Gasteiger partial charge < -0.3 is 11.1 Å². The second kappa shape index (κ2) is 4.57. The van der Waals surface area contributed by atoms with Crippen LogP contribution in [0, 0.1) is 16.0 Å². The molecule has 0 radical (unpaired) electrons. The minimum Gasteiger partial charge on any atom is -0.384 e.